The van der Waals surface area contributed by atoms with Crippen molar-refractivity contribution in [2.75, 3.05) is 0 Å². The van der Waals surface area contributed by atoms with Gasteiger partial charge in [0.1, 0.15) is 24.3 Å². The third kappa shape index (κ3) is 2.76. The van der Waals surface area contributed by atoms with Gasteiger partial charge < -0.3 is 0 Å². The van der Waals surface area contributed by atoms with Crippen molar-refractivity contribution in [3.63, 3.8) is 0 Å². The molecule has 0 aliphatic carbocycles. The van der Waals surface area contributed by atoms with Crippen LogP contribution in [0.25, 0.3) is 11.5 Å². The van der Waals surface area contributed by atoms with Crippen molar-refractivity contribution in [1.29, 1.82) is 0 Å². The molecule has 0 bridgehead atoms. The van der Waals surface area contributed by atoms with E-state index in [1.807, 2.05) is 0 Å². The second-order valence-electron chi connectivity index (χ2n) is 4.52. The Kier molecular flexibility index (Phi) is 3.74. The molecule has 0 saturated heterocycles. The lowest BCUT2D eigenvalue weighted by atomic mass is 9.98. The molecule has 3 aromatic rings. The van der Waals surface area contributed by atoms with Gasteiger partial charge in [0.15, 0.2) is 0 Å². The minimum atomic E-state index is -0.685. The summed E-state index contributed by atoms with van der Waals surface area (Å²) in [6.07, 6.45) is 2.41. The fraction of sp³-hybridized carbons (Fsp3) is 0. The molecule has 3 nitrogen and oxygen atoms in total. The summed E-state index contributed by atoms with van der Waals surface area (Å²) >= 11 is 0. The molecule has 3 rings (SSSR count). The molecule has 0 N–H and O–H groups in total. The molecule has 1 heterocycles. The Labute approximate surface area is 124 Å². The second-order valence-corrected chi connectivity index (χ2v) is 4.52. The highest BCUT2D eigenvalue weighted by atomic mass is 19.1. The van der Waals surface area contributed by atoms with Crippen molar-refractivity contribution in [3.8, 4) is 0 Å². The molecule has 1 aromatic heterocycles. The number of aromatic nitrogens is 3. The fourth-order valence-electron chi connectivity index (χ4n) is 2.06. The fourth-order valence-corrected chi connectivity index (χ4v) is 2.06. The van der Waals surface area contributed by atoms with E-state index in [0.717, 1.165) is 4.68 Å². The van der Waals surface area contributed by atoms with Crippen molar-refractivity contribution in [3.05, 3.63) is 83.9 Å². The van der Waals surface area contributed by atoms with Crippen LogP contribution in [0.1, 0.15) is 11.1 Å². The minimum Gasteiger partial charge on any atom is -0.223 e. The van der Waals surface area contributed by atoms with Crippen LogP contribution in [0.15, 0.2) is 61.2 Å². The molecule has 6 heteroatoms. The van der Waals surface area contributed by atoms with Gasteiger partial charge in [-0.25, -0.2) is 13.8 Å². The van der Waals surface area contributed by atoms with Crippen LogP contribution in [-0.4, -0.2) is 14.8 Å². The second kappa shape index (κ2) is 5.85. The maximum absolute atomic E-state index is 14.8. The Morgan fingerprint density at radius 2 is 1.32 bits per heavy atom. The Hall–Kier alpha value is -2.89. The van der Waals surface area contributed by atoms with Crippen LogP contribution in [0.3, 0.4) is 0 Å². The van der Waals surface area contributed by atoms with Crippen molar-refractivity contribution in [2.24, 2.45) is 0 Å². The van der Waals surface area contributed by atoms with Gasteiger partial charge in [-0.2, -0.15) is 14.2 Å². The van der Waals surface area contributed by atoms with E-state index in [1.54, 1.807) is 0 Å². The van der Waals surface area contributed by atoms with Crippen molar-refractivity contribution in [1.82, 2.24) is 14.8 Å². The predicted molar refractivity (Wildman–Crippen MR) is 76.1 cm³/mol. The van der Waals surface area contributed by atoms with E-state index in [0.29, 0.717) is 11.1 Å². The summed E-state index contributed by atoms with van der Waals surface area (Å²) in [6, 6.07) is 10.7. The highest BCUT2D eigenvalue weighted by Gasteiger charge is 2.15. The quantitative estimate of drug-likeness (QED) is 0.734. The molecule has 0 radical (unpaired) electrons. The van der Waals surface area contributed by atoms with E-state index in [4.69, 9.17) is 0 Å². The molecule has 0 saturated carbocycles. The molecular formula is C16H10F3N3. The molecule has 0 aliphatic rings. The molecule has 0 amide bonds. The summed E-state index contributed by atoms with van der Waals surface area (Å²) in [5, 5.41) is 3.75. The van der Waals surface area contributed by atoms with Gasteiger partial charge in [-0.1, -0.05) is 24.3 Å². The van der Waals surface area contributed by atoms with Gasteiger partial charge >= 0.3 is 0 Å². The monoisotopic (exact) mass is 301 g/mol. The Balaban J connectivity index is 2.20. The summed E-state index contributed by atoms with van der Waals surface area (Å²) < 4.78 is 41.9. The van der Waals surface area contributed by atoms with Gasteiger partial charge in [-0.3, -0.25) is 0 Å². The van der Waals surface area contributed by atoms with E-state index in [2.05, 4.69) is 10.1 Å². The van der Waals surface area contributed by atoms with Crippen molar-refractivity contribution >= 4 is 11.5 Å². The van der Waals surface area contributed by atoms with Gasteiger partial charge in [0.25, 0.3) is 0 Å². The largest absolute Gasteiger partial charge is 0.224 e. The van der Waals surface area contributed by atoms with E-state index >= 15 is 0 Å². The minimum absolute atomic E-state index is 0.172. The SMILES string of the molecule is FC(=C(c1ccc(F)cc1)c1ccc(F)cc1)n1cncn1. The van der Waals surface area contributed by atoms with Crippen LogP contribution in [0, 0.1) is 11.6 Å². The lowest BCUT2D eigenvalue weighted by Gasteiger charge is -2.10. The first-order valence-electron chi connectivity index (χ1n) is 6.42. The summed E-state index contributed by atoms with van der Waals surface area (Å²) in [6.45, 7) is 0. The molecule has 0 fully saturated rings. The number of hydrogen-bond donors (Lipinski definition) is 0. The average molecular weight is 301 g/mol. The Bertz CT molecular complexity index is 744. The van der Waals surface area contributed by atoms with Crippen LogP contribution in [0.2, 0.25) is 0 Å². The summed E-state index contributed by atoms with van der Waals surface area (Å²) in [7, 11) is 0. The third-order valence-electron chi connectivity index (χ3n) is 3.09. The lowest BCUT2D eigenvalue weighted by Crippen LogP contribution is -1.99. The first kappa shape index (κ1) is 14.1. The van der Waals surface area contributed by atoms with Gasteiger partial charge in [-0.15, -0.1) is 0 Å². The lowest BCUT2D eigenvalue weighted by molar-refractivity contribution is 0.627. The van der Waals surface area contributed by atoms with Gasteiger partial charge in [0.05, 0.1) is 0 Å². The van der Waals surface area contributed by atoms with E-state index in [1.165, 1.54) is 61.2 Å². The first-order valence-corrected chi connectivity index (χ1v) is 6.42. The van der Waals surface area contributed by atoms with E-state index in [9.17, 15) is 13.2 Å². The van der Waals surface area contributed by atoms with Gasteiger partial charge in [-0.05, 0) is 35.4 Å². The highest BCUT2D eigenvalue weighted by molar-refractivity contribution is 5.90. The van der Waals surface area contributed by atoms with Crippen LogP contribution in [0.5, 0.6) is 0 Å². The molecule has 2 aromatic carbocycles. The first-order chi connectivity index (χ1) is 10.6. The predicted octanol–water partition coefficient (Wildman–Crippen LogP) is 3.90. The Morgan fingerprint density at radius 1 is 0.818 bits per heavy atom. The van der Waals surface area contributed by atoms with Crippen LogP contribution < -0.4 is 0 Å². The number of nitrogens with zero attached hydrogens (tertiary/aromatic N) is 3. The number of rotatable bonds is 3. The average Bonchev–Trinajstić information content (AvgIpc) is 3.05. The summed E-state index contributed by atoms with van der Waals surface area (Å²) in [5.74, 6) is -1.54. The molecule has 0 aliphatic heterocycles. The number of halogens is 3. The third-order valence-corrected chi connectivity index (χ3v) is 3.09. The maximum atomic E-state index is 14.8. The van der Waals surface area contributed by atoms with Gasteiger partial charge in [0.2, 0.25) is 5.95 Å². The zero-order valence-corrected chi connectivity index (χ0v) is 11.2. The van der Waals surface area contributed by atoms with Crippen molar-refractivity contribution < 1.29 is 13.2 Å². The zero-order valence-electron chi connectivity index (χ0n) is 11.2. The molecule has 0 atom stereocenters. The van der Waals surface area contributed by atoms with Crippen LogP contribution in [0.4, 0.5) is 13.2 Å². The smallest absolute Gasteiger partial charge is 0.223 e. The van der Waals surface area contributed by atoms with E-state index < -0.39 is 17.6 Å². The molecular weight excluding hydrogens is 291 g/mol. The molecule has 22 heavy (non-hydrogen) atoms. The topological polar surface area (TPSA) is 30.7 Å². The van der Waals surface area contributed by atoms with Gasteiger partial charge in [0, 0.05) is 5.57 Å². The maximum Gasteiger partial charge on any atom is 0.224 e. The molecule has 0 unspecified atom stereocenters. The number of benzene rings is 2. The summed E-state index contributed by atoms with van der Waals surface area (Å²) in [5.41, 5.74) is 1.06. The molecule has 110 valence electrons. The van der Waals surface area contributed by atoms with E-state index in [-0.39, 0.29) is 5.57 Å². The normalized spacial score (nSPS) is 10.5. The standard InChI is InChI=1S/C16H10F3N3/c17-13-5-1-11(2-6-13)15(12-3-7-14(18)8-4-12)16(19)22-10-20-9-21-22/h1-10H. The van der Waals surface area contributed by atoms with Crippen molar-refractivity contribution in [2.45, 2.75) is 0 Å². The van der Waals surface area contributed by atoms with Crippen LogP contribution in [-0.2, 0) is 0 Å². The van der Waals surface area contributed by atoms with Crippen LogP contribution >= 0.6 is 0 Å². The molecule has 0 spiro atoms. The zero-order chi connectivity index (χ0) is 15.5. The number of hydrogen-bond acceptors (Lipinski definition) is 2. The Morgan fingerprint density at radius 3 is 1.73 bits per heavy atom. The summed E-state index contributed by atoms with van der Waals surface area (Å²) in [4.78, 5) is 3.70. The highest BCUT2D eigenvalue weighted by Crippen LogP contribution is 2.30.